The van der Waals surface area contributed by atoms with Crippen LogP contribution in [0.5, 0.6) is 0 Å². The zero-order valence-electron chi connectivity index (χ0n) is 11.1. The first-order valence-corrected chi connectivity index (χ1v) is 6.72. The van der Waals surface area contributed by atoms with Gasteiger partial charge in [-0.25, -0.2) is 0 Å². The van der Waals surface area contributed by atoms with Crippen LogP contribution >= 0.6 is 0 Å². The highest BCUT2D eigenvalue weighted by Gasteiger charge is 2.13. The minimum atomic E-state index is 0.927. The predicted molar refractivity (Wildman–Crippen MR) is 74.4 cm³/mol. The number of nitrogens with zero attached hydrogens (tertiary/aromatic N) is 1. The van der Waals surface area contributed by atoms with Crippen molar-refractivity contribution < 1.29 is 0 Å². The van der Waals surface area contributed by atoms with Gasteiger partial charge < -0.3 is 10.2 Å². The largest absolute Gasteiger partial charge is 0.378 e. The van der Waals surface area contributed by atoms with Gasteiger partial charge in [-0.3, -0.25) is 0 Å². The Morgan fingerprint density at radius 3 is 2.35 bits per heavy atom. The van der Waals surface area contributed by atoms with Gasteiger partial charge in [0.2, 0.25) is 0 Å². The van der Waals surface area contributed by atoms with Crippen molar-refractivity contribution in [1.82, 2.24) is 5.32 Å². The molecule has 0 amide bonds. The molecule has 0 unspecified atom stereocenters. The molecule has 0 aromatic heterocycles. The maximum atomic E-state index is 3.58. The molecule has 1 aromatic rings. The van der Waals surface area contributed by atoms with Crippen LogP contribution in [0.4, 0.5) is 5.69 Å². The van der Waals surface area contributed by atoms with Crippen LogP contribution in [-0.2, 0) is 6.54 Å². The van der Waals surface area contributed by atoms with Crippen LogP contribution in [0.25, 0.3) is 0 Å². The maximum Gasteiger partial charge on any atom is 0.0361 e. The van der Waals surface area contributed by atoms with Gasteiger partial charge in [0.1, 0.15) is 0 Å². The summed E-state index contributed by atoms with van der Waals surface area (Å²) in [5, 5.41) is 3.58. The molecule has 2 nitrogen and oxygen atoms in total. The second-order valence-electron chi connectivity index (χ2n) is 5.34. The molecule has 1 N–H and O–H groups in total. The average Bonchev–Trinajstić information content (AvgIpc) is 2.83. The maximum absolute atomic E-state index is 3.58. The zero-order chi connectivity index (χ0) is 12.1. The molecule has 0 heterocycles. The van der Waals surface area contributed by atoms with E-state index >= 15 is 0 Å². The Hall–Kier alpha value is -1.02. The minimum absolute atomic E-state index is 0.927. The number of hydrogen-bond acceptors (Lipinski definition) is 2. The number of hydrogen-bond donors (Lipinski definition) is 1. The number of benzene rings is 1. The van der Waals surface area contributed by atoms with Gasteiger partial charge in [0.25, 0.3) is 0 Å². The summed E-state index contributed by atoms with van der Waals surface area (Å²) in [4.78, 5) is 2.13. The molecule has 0 atom stereocenters. The normalized spacial score (nSPS) is 16.4. The lowest BCUT2D eigenvalue weighted by Gasteiger charge is -2.14. The predicted octanol–water partition coefficient (Wildman–Crippen LogP) is 3.03. The third kappa shape index (κ3) is 3.74. The van der Waals surface area contributed by atoms with Crippen molar-refractivity contribution in [3.05, 3.63) is 29.8 Å². The molecular weight excluding hydrogens is 208 g/mol. The number of anilines is 1. The molecule has 94 valence electrons. The van der Waals surface area contributed by atoms with E-state index in [1.807, 2.05) is 0 Å². The molecule has 1 aromatic carbocycles. The van der Waals surface area contributed by atoms with Crippen molar-refractivity contribution in [3.63, 3.8) is 0 Å². The Labute approximate surface area is 105 Å². The molecule has 1 saturated carbocycles. The van der Waals surface area contributed by atoms with Crippen LogP contribution in [0.1, 0.15) is 31.2 Å². The topological polar surface area (TPSA) is 15.3 Å². The summed E-state index contributed by atoms with van der Waals surface area (Å²) in [6.07, 6.45) is 5.72. The monoisotopic (exact) mass is 232 g/mol. The molecule has 0 bridgehead atoms. The fourth-order valence-electron chi connectivity index (χ4n) is 2.55. The van der Waals surface area contributed by atoms with Crippen molar-refractivity contribution >= 4 is 5.69 Å². The first kappa shape index (κ1) is 12.4. The van der Waals surface area contributed by atoms with E-state index in [1.54, 1.807) is 0 Å². The molecule has 17 heavy (non-hydrogen) atoms. The Balaban J connectivity index is 1.74. The molecule has 1 aliphatic carbocycles. The summed E-state index contributed by atoms with van der Waals surface area (Å²) in [7, 11) is 4.15. The molecule has 1 fully saturated rings. The van der Waals surface area contributed by atoms with Crippen LogP contribution in [0.3, 0.4) is 0 Å². The van der Waals surface area contributed by atoms with Gasteiger partial charge in [0.15, 0.2) is 0 Å². The number of nitrogens with one attached hydrogen (secondary N) is 1. The van der Waals surface area contributed by atoms with Crippen LogP contribution in [0, 0.1) is 5.92 Å². The van der Waals surface area contributed by atoms with Gasteiger partial charge in [0.05, 0.1) is 0 Å². The summed E-state index contributed by atoms with van der Waals surface area (Å²) >= 11 is 0. The van der Waals surface area contributed by atoms with Gasteiger partial charge in [-0.15, -0.1) is 0 Å². The van der Waals surface area contributed by atoms with Gasteiger partial charge in [0, 0.05) is 26.3 Å². The third-order valence-electron chi connectivity index (χ3n) is 3.69. The van der Waals surface area contributed by atoms with Gasteiger partial charge in [-0.05, 0) is 43.0 Å². The molecular formula is C15H24N2. The average molecular weight is 232 g/mol. The van der Waals surface area contributed by atoms with Gasteiger partial charge >= 0.3 is 0 Å². The summed E-state index contributed by atoms with van der Waals surface area (Å²) in [5.74, 6) is 0.927. The first-order chi connectivity index (χ1) is 8.25. The van der Waals surface area contributed by atoms with Crippen molar-refractivity contribution in [2.45, 2.75) is 32.2 Å². The van der Waals surface area contributed by atoms with E-state index in [9.17, 15) is 0 Å². The minimum Gasteiger partial charge on any atom is -0.378 e. The first-order valence-electron chi connectivity index (χ1n) is 6.72. The zero-order valence-corrected chi connectivity index (χ0v) is 11.1. The molecule has 1 aliphatic rings. The van der Waals surface area contributed by atoms with E-state index in [-0.39, 0.29) is 0 Å². The summed E-state index contributed by atoms with van der Waals surface area (Å²) in [6, 6.07) is 8.81. The lowest BCUT2D eigenvalue weighted by molar-refractivity contribution is 0.489. The van der Waals surface area contributed by atoms with E-state index in [1.165, 1.54) is 43.5 Å². The Morgan fingerprint density at radius 2 is 1.76 bits per heavy atom. The Morgan fingerprint density at radius 1 is 1.12 bits per heavy atom. The fourth-order valence-corrected chi connectivity index (χ4v) is 2.55. The highest BCUT2D eigenvalue weighted by molar-refractivity contribution is 5.45. The quantitative estimate of drug-likeness (QED) is 0.839. The lowest BCUT2D eigenvalue weighted by atomic mass is 10.1. The summed E-state index contributed by atoms with van der Waals surface area (Å²) < 4.78 is 0. The van der Waals surface area contributed by atoms with Crippen molar-refractivity contribution in [1.29, 1.82) is 0 Å². The Bertz CT molecular complexity index is 323. The van der Waals surface area contributed by atoms with Gasteiger partial charge in [-0.2, -0.15) is 0 Å². The molecule has 0 aliphatic heterocycles. The highest BCUT2D eigenvalue weighted by atomic mass is 15.1. The van der Waals surface area contributed by atoms with E-state index in [2.05, 4.69) is 48.6 Å². The third-order valence-corrected chi connectivity index (χ3v) is 3.69. The van der Waals surface area contributed by atoms with Crippen LogP contribution in [0.2, 0.25) is 0 Å². The number of rotatable bonds is 5. The van der Waals surface area contributed by atoms with Crippen LogP contribution in [-0.4, -0.2) is 20.6 Å². The van der Waals surface area contributed by atoms with Crippen LogP contribution in [0.15, 0.2) is 24.3 Å². The molecule has 0 spiro atoms. The second-order valence-corrected chi connectivity index (χ2v) is 5.34. The van der Waals surface area contributed by atoms with Crippen LogP contribution < -0.4 is 10.2 Å². The van der Waals surface area contributed by atoms with E-state index in [0.29, 0.717) is 0 Å². The van der Waals surface area contributed by atoms with Gasteiger partial charge in [-0.1, -0.05) is 25.0 Å². The highest BCUT2D eigenvalue weighted by Crippen LogP contribution is 2.23. The summed E-state index contributed by atoms with van der Waals surface area (Å²) in [5.41, 5.74) is 2.65. The van der Waals surface area contributed by atoms with E-state index in [4.69, 9.17) is 0 Å². The smallest absolute Gasteiger partial charge is 0.0361 e. The molecule has 0 radical (unpaired) electrons. The standard InChI is InChI=1S/C15H24N2/c1-17(2)15-9-7-14(8-10-15)12-16-11-13-5-3-4-6-13/h7-10,13,16H,3-6,11-12H2,1-2H3. The van der Waals surface area contributed by atoms with E-state index < -0.39 is 0 Å². The SMILES string of the molecule is CN(C)c1ccc(CNCC2CCCC2)cc1. The van der Waals surface area contributed by atoms with E-state index in [0.717, 1.165) is 12.5 Å². The van der Waals surface area contributed by atoms with Crippen molar-refractivity contribution in [3.8, 4) is 0 Å². The molecule has 2 rings (SSSR count). The fraction of sp³-hybridized carbons (Fsp3) is 0.600. The van der Waals surface area contributed by atoms with Crippen molar-refractivity contribution in [2.75, 3.05) is 25.5 Å². The van der Waals surface area contributed by atoms with Crippen molar-refractivity contribution in [2.24, 2.45) is 5.92 Å². The second kappa shape index (κ2) is 6.06. The summed E-state index contributed by atoms with van der Waals surface area (Å²) in [6.45, 7) is 2.19. The molecule has 0 saturated heterocycles. The molecule has 2 heteroatoms. The lowest BCUT2D eigenvalue weighted by Crippen LogP contribution is -2.20. The Kier molecular flexibility index (Phi) is 4.43.